The smallest absolute Gasteiger partial charge is 0.256 e. The summed E-state index contributed by atoms with van der Waals surface area (Å²) in [6, 6.07) is 4.62. The molecule has 2 aliphatic rings. The molecule has 2 N–H and O–H groups in total. The molecular weight excluding hydrogens is 358 g/mol. The van der Waals surface area contributed by atoms with Crippen molar-refractivity contribution in [2.75, 3.05) is 12.4 Å². The summed E-state index contributed by atoms with van der Waals surface area (Å²) in [7, 11) is -2.20. The van der Waals surface area contributed by atoms with Crippen molar-refractivity contribution < 1.29 is 13.2 Å². The van der Waals surface area contributed by atoms with E-state index in [1.807, 2.05) is 0 Å². The molecule has 130 valence electrons. The van der Waals surface area contributed by atoms with Crippen LogP contribution in [0.1, 0.15) is 34.0 Å². The molecule has 25 heavy (non-hydrogen) atoms. The lowest BCUT2D eigenvalue weighted by Crippen LogP contribution is -2.18. The van der Waals surface area contributed by atoms with Crippen LogP contribution >= 0.6 is 11.3 Å². The maximum absolute atomic E-state index is 12.3. The van der Waals surface area contributed by atoms with E-state index in [1.165, 1.54) is 30.5 Å². The quantitative estimate of drug-likeness (QED) is 0.807. The zero-order valence-corrected chi connectivity index (χ0v) is 15.3. The van der Waals surface area contributed by atoms with Crippen molar-refractivity contribution in [3.63, 3.8) is 0 Å². The normalized spacial score (nSPS) is 18.1. The number of nitrogens with zero attached hydrogens (tertiary/aromatic N) is 1. The minimum absolute atomic E-state index is 0.134. The van der Waals surface area contributed by atoms with E-state index in [9.17, 15) is 13.2 Å². The minimum atomic E-state index is -3.57. The van der Waals surface area contributed by atoms with Crippen molar-refractivity contribution in [3.8, 4) is 0 Å². The average molecular weight is 375 g/mol. The Labute approximate surface area is 150 Å². The van der Waals surface area contributed by atoms with Crippen LogP contribution in [0.2, 0.25) is 0 Å². The second-order valence-corrected chi connectivity index (χ2v) is 9.06. The number of carbonyl (C=O) groups is 1. The number of carbonyl (C=O) groups excluding carboxylic acids is 1. The highest BCUT2D eigenvalue weighted by Gasteiger charge is 2.27. The van der Waals surface area contributed by atoms with Gasteiger partial charge in [-0.2, -0.15) is 0 Å². The van der Waals surface area contributed by atoms with E-state index in [0.29, 0.717) is 16.8 Å². The Hall–Kier alpha value is -2.03. The number of amides is 1. The zero-order valence-electron chi connectivity index (χ0n) is 13.6. The molecule has 0 saturated heterocycles. The third-order valence-corrected chi connectivity index (χ3v) is 7.00. The molecule has 2 aromatic rings. The summed E-state index contributed by atoms with van der Waals surface area (Å²) in [6.45, 7) is 0. The molecule has 1 aliphatic heterocycles. The number of nitrogens with one attached hydrogen (secondary N) is 2. The number of fused-ring (bicyclic) bond motifs is 2. The number of aryl methyl sites for hydroxylation is 2. The number of anilines is 1. The molecule has 0 unspecified atom stereocenters. The van der Waals surface area contributed by atoms with Crippen LogP contribution in [-0.4, -0.2) is 26.4 Å². The molecule has 1 aromatic carbocycles. The predicted octanol–water partition coefficient (Wildman–Crippen LogP) is 2.42. The van der Waals surface area contributed by atoms with Crippen LogP contribution in [0.5, 0.6) is 0 Å². The largest absolute Gasteiger partial charge is 0.321 e. The highest BCUT2D eigenvalue weighted by atomic mass is 32.2. The van der Waals surface area contributed by atoms with Crippen molar-refractivity contribution >= 4 is 44.6 Å². The van der Waals surface area contributed by atoms with Crippen molar-refractivity contribution in [2.24, 2.45) is 0 Å². The minimum Gasteiger partial charge on any atom is -0.321 e. The fourth-order valence-corrected chi connectivity index (χ4v) is 5.01. The van der Waals surface area contributed by atoms with Gasteiger partial charge in [-0.05, 0) is 57.0 Å². The Morgan fingerprint density at radius 2 is 2.08 bits per heavy atom. The van der Waals surface area contributed by atoms with Crippen LogP contribution in [0.15, 0.2) is 23.1 Å². The SMILES string of the molecule is CNS(=O)(=O)c1ccc2c(c1)C(=Cc1nc3c(s1)CCCC3)C(=O)N2. The number of aromatic nitrogens is 1. The molecule has 0 bridgehead atoms. The van der Waals surface area contributed by atoms with E-state index in [-0.39, 0.29) is 10.8 Å². The topological polar surface area (TPSA) is 88.2 Å². The number of rotatable bonds is 3. The van der Waals surface area contributed by atoms with Crippen LogP contribution < -0.4 is 10.0 Å². The first kappa shape index (κ1) is 16.4. The molecule has 4 rings (SSSR count). The third-order valence-electron chi connectivity index (χ3n) is 4.48. The molecular formula is C17H17N3O3S2. The van der Waals surface area contributed by atoms with Gasteiger partial charge in [0.25, 0.3) is 5.91 Å². The van der Waals surface area contributed by atoms with Gasteiger partial charge >= 0.3 is 0 Å². The van der Waals surface area contributed by atoms with Crippen molar-refractivity contribution in [2.45, 2.75) is 30.6 Å². The summed E-state index contributed by atoms with van der Waals surface area (Å²) in [6.07, 6.45) is 6.13. The number of benzene rings is 1. The van der Waals surface area contributed by atoms with Gasteiger partial charge in [-0.1, -0.05) is 0 Å². The second-order valence-electron chi connectivity index (χ2n) is 6.06. The van der Waals surface area contributed by atoms with E-state index in [1.54, 1.807) is 23.5 Å². The first-order chi connectivity index (χ1) is 12.0. The fraction of sp³-hybridized carbons (Fsp3) is 0.294. The van der Waals surface area contributed by atoms with E-state index in [0.717, 1.165) is 30.0 Å². The van der Waals surface area contributed by atoms with E-state index >= 15 is 0 Å². The highest BCUT2D eigenvalue weighted by molar-refractivity contribution is 7.89. The molecule has 1 amide bonds. The molecule has 0 fully saturated rings. The van der Waals surface area contributed by atoms with Gasteiger partial charge in [0.2, 0.25) is 10.0 Å². The molecule has 0 saturated carbocycles. The molecule has 2 heterocycles. The van der Waals surface area contributed by atoms with Crippen molar-refractivity contribution in [1.29, 1.82) is 0 Å². The zero-order chi connectivity index (χ0) is 17.6. The first-order valence-corrected chi connectivity index (χ1v) is 10.4. The standard InChI is InChI=1S/C17H17N3O3S2/c1-18-25(22,23)10-6-7-13-11(8-10)12(17(21)20-13)9-16-19-14-4-2-3-5-15(14)24-16/h6-9,18H,2-5H2,1H3,(H,20,21). The van der Waals surface area contributed by atoms with Gasteiger partial charge in [0, 0.05) is 16.1 Å². The number of thiazole rings is 1. The van der Waals surface area contributed by atoms with E-state index < -0.39 is 10.0 Å². The van der Waals surface area contributed by atoms with Gasteiger partial charge in [-0.25, -0.2) is 18.1 Å². The molecule has 8 heteroatoms. The van der Waals surface area contributed by atoms with Crippen molar-refractivity contribution in [1.82, 2.24) is 9.71 Å². The monoisotopic (exact) mass is 375 g/mol. The Balaban J connectivity index is 1.78. The Bertz CT molecular complexity index is 983. The lowest BCUT2D eigenvalue weighted by molar-refractivity contribution is -0.110. The maximum Gasteiger partial charge on any atom is 0.256 e. The third kappa shape index (κ3) is 2.90. The van der Waals surface area contributed by atoms with Crippen LogP contribution in [0.4, 0.5) is 5.69 Å². The van der Waals surface area contributed by atoms with Gasteiger partial charge in [-0.3, -0.25) is 4.79 Å². The summed E-state index contributed by atoms with van der Waals surface area (Å²) in [5, 5.41) is 3.58. The molecule has 0 atom stereocenters. The molecule has 0 spiro atoms. The number of hydrogen-bond donors (Lipinski definition) is 2. The van der Waals surface area contributed by atoms with Crippen LogP contribution in [0, 0.1) is 0 Å². The molecule has 0 radical (unpaired) electrons. The fourth-order valence-electron chi connectivity index (χ4n) is 3.15. The summed E-state index contributed by atoms with van der Waals surface area (Å²) < 4.78 is 26.4. The van der Waals surface area contributed by atoms with Crippen LogP contribution in [0.3, 0.4) is 0 Å². The average Bonchev–Trinajstić information content (AvgIpc) is 3.15. The Morgan fingerprint density at radius 3 is 2.84 bits per heavy atom. The maximum atomic E-state index is 12.3. The molecule has 1 aromatic heterocycles. The first-order valence-electron chi connectivity index (χ1n) is 8.07. The highest BCUT2D eigenvalue weighted by Crippen LogP contribution is 2.36. The van der Waals surface area contributed by atoms with Crippen molar-refractivity contribution in [3.05, 3.63) is 39.3 Å². The number of sulfonamides is 1. The van der Waals surface area contributed by atoms with Gasteiger partial charge in [-0.15, -0.1) is 11.3 Å². The van der Waals surface area contributed by atoms with E-state index in [4.69, 9.17) is 0 Å². The van der Waals surface area contributed by atoms with Gasteiger partial charge < -0.3 is 5.32 Å². The molecule has 6 nitrogen and oxygen atoms in total. The Kier molecular flexibility index (Phi) is 3.98. The molecule has 1 aliphatic carbocycles. The summed E-state index contributed by atoms with van der Waals surface area (Å²) in [4.78, 5) is 18.4. The van der Waals surface area contributed by atoms with E-state index in [2.05, 4.69) is 15.0 Å². The predicted molar refractivity (Wildman–Crippen MR) is 97.9 cm³/mol. The summed E-state index contributed by atoms with van der Waals surface area (Å²) in [5.74, 6) is -0.234. The van der Waals surface area contributed by atoms with Gasteiger partial charge in [0.15, 0.2) is 0 Å². The number of hydrogen-bond acceptors (Lipinski definition) is 5. The Morgan fingerprint density at radius 1 is 1.28 bits per heavy atom. The second kappa shape index (κ2) is 6.05. The lowest BCUT2D eigenvalue weighted by atomic mass is 10.0. The van der Waals surface area contributed by atoms with Crippen LogP contribution in [0.25, 0.3) is 11.6 Å². The summed E-state index contributed by atoms with van der Waals surface area (Å²) >= 11 is 1.62. The van der Waals surface area contributed by atoms with Crippen LogP contribution in [-0.2, 0) is 27.7 Å². The van der Waals surface area contributed by atoms with Gasteiger partial charge in [0.1, 0.15) is 5.01 Å². The lowest BCUT2D eigenvalue weighted by Gasteiger charge is -2.06. The van der Waals surface area contributed by atoms with Gasteiger partial charge in [0.05, 0.1) is 16.2 Å². The summed E-state index contributed by atoms with van der Waals surface area (Å²) in [5.41, 5.74) is 2.80.